The number of aromatic nitrogens is 2. The van der Waals surface area contributed by atoms with Crippen molar-refractivity contribution in [3.8, 4) is 0 Å². The van der Waals surface area contributed by atoms with Gasteiger partial charge in [-0.05, 0) is 36.3 Å². The monoisotopic (exact) mass is 412 g/mol. The molecule has 1 amide bonds. The second kappa shape index (κ2) is 10.4. The topological polar surface area (TPSA) is 58.1 Å². The molecule has 0 atom stereocenters. The summed E-state index contributed by atoms with van der Waals surface area (Å²) < 4.78 is 0.841. The van der Waals surface area contributed by atoms with Gasteiger partial charge < -0.3 is 0 Å². The quantitative estimate of drug-likeness (QED) is 0.399. The van der Waals surface area contributed by atoms with E-state index in [0.717, 1.165) is 29.7 Å². The van der Waals surface area contributed by atoms with Crippen molar-refractivity contribution < 1.29 is 4.79 Å². The first kappa shape index (κ1) is 20.5. The summed E-state index contributed by atoms with van der Waals surface area (Å²) in [6, 6.07) is 18.0. The van der Waals surface area contributed by atoms with Gasteiger partial charge in [0.25, 0.3) is 5.91 Å². The zero-order valence-electron chi connectivity index (χ0n) is 16.1. The Labute approximate surface area is 174 Å². The van der Waals surface area contributed by atoms with E-state index in [4.69, 9.17) is 0 Å². The Morgan fingerprint density at radius 1 is 1.00 bits per heavy atom. The molecule has 0 radical (unpaired) electrons. The number of hydrogen-bond acceptors (Lipinski definition) is 6. The van der Waals surface area contributed by atoms with Gasteiger partial charge in [-0.2, -0.15) is 0 Å². The van der Waals surface area contributed by atoms with Crippen LogP contribution in [-0.4, -0.2) is 34.1 Å². The van der Waals surface area contributed by atoms with Gasteiger partial charge in [0.2, 0.25) is 5.13 Å². The summed E-state index contributed by atoms with van der Waals surface area (Å²) in [4.78, 5) is 14.8. The molecule has 0 saturated heterocycles. The number of anilines is 1. The average Bonchev–Trinajstić information content (AvgIpc) is 3.19. The Bertz CT molecular complexity index is 877. The van der Waals surface area contributed by atoms with Gasteiger partial charge in [-0.3, -0.25) is 15.0 Å². The molecule has 3 aromatic rings. The Kier molecular flexibility index (Phi) is 7.59. The van der Waals surface area contributed by atoms with Crippen molar-refractivity contribution in [1.82, 2.24) is 15.1 Å². The summed E-state index contributed by atoms with van der Waals surface area (Å²) in [5, 5.41) is 11.6. The summed E-state index contributed by atoms with van der Waals surface area (Å²) in [7, 11) is 0. The van der Waals surface area contributed by atoms with Crippen molar-refractivity contribution >= 4 is 34.1 Å². The number of benzene rings is 2. The van der Waals surface area contributed by atoms with Gasteiger partial charge in [0.05, 0.1) is 0 Å². The minimum Gasteiger partial charge on any atom is -0.300 e. The standard InChI is InChI=1S/C21H24N4OS2/c1-3-25(4-2)14-16-10-12-18(13-11-16)19(26)22-20-23-24-21(28-20)27-15-17-8-6-5-7-9-17/h5-13H,3-4,14-15H2,1-2H3,(H,22,23,26). The fraction of sp³-hybridized carbons (Fsp3) is 0.286. The number of nitrogens with one attached hydrogen (secondary N) is 1. The molecule has 0 saturated carbocycles. The van der Waals surface area contributed by atoms with Crippen molar-refractivity contribution in [2.45, 2.75) is 30.5 Å². The lowest BCUT2D eigenvalue weighted by Crippen LogP contribution is -2.22. The number of nitrogens with zero attached hydrogens (tertiary/aromatic N) is 3. The maximum atomic E-state index is 12.5. The van der Waals surface area contributed by atoms with Crippen LogP contribution < -0.4 is 5.32 Å². The van der Waals surface area contributed by atoms with E-state index < -0.39 is 0 Å². The van der Waals surface area contributed by atoms with E-state index in [0.29, 0.717) is 10.7 Å². The minimum atomic E-state index is -0.162. The molecule has 1 heterocycles. The van der Waals surface area contributed by atoms with E-state index in [2.05, 4.69) is 46.4 Å². The average molecular weight is 413 g/mol. The van der Waals surface area contributed by atoms with Crippen molar-refractivity contribution in [3.05, 3.63) is 71.3 Å². The van der Waals surface area contributed by atoms with Crippen LogP contribution in [0, 0.1) is 0 Å². The number of carbonyl (C=O) groups is 1. The highest BCUT2D eigenvalue weighted by Gasteiger charge is 2.11. The molecule has 1 N–H and O–H groups in total. The van der Waals surface area contributed by atoms with Crippen LogP contribution in [0.3, 0.4) is 0 Å². The number of hydrogen-bond donors (Lipinski definition) is 1. The van der Waals surface area contributed by atoms with Gasteiger partial charge in [-0.15, -0.1) is 10.2 Å². The molecule has 0 aliphatic rings. The van der Waals surface area contributed by atoms with Crippen molar-refractivity contribution in [1.29, 1.82) is 0 Å². The van der Waals surface area contributed by atoms with Crippen LogP contribution in [-0.2, 0) is 12.3 Å². The molecule has 0 bridgehead atoms. The zero-order chi connectivity index (χ0) is 19.8. The summed E-state index contributed by atoms with van der Waals surface area (Å²) in [5.41, 5.74) is 3.06. The van der Waals surface area contributed by atoms with Crippen LogP contribution >= 0.6 is 23.1 Å². The Morgan fingerprint density at radius 3 is 2.39 bits per heavy atom. The van der Waals surface area contributed by atoms with Crippen molar-refractivity contribution in [2.75, 3.05) is 18.4 Å². The van der Waals surface area contributed by atoms with Crippen LogP contribution in [0.4, 0.5) is 5.13 Å². The van der Waals surface area contributed by atoms with Crippen molar-refractivity contribution in [3.63, 3.8) is 0 Å². The molecule has 0 aliphatic heterocycles. The second-order valence-electron chi connectivity index (χ2n) is 6.26. The lowest BCUT2D eigenvalue weighted by atomic mass is 10.1. The van der Waals surface area contributed by atoms with Gasteiger partial charge in [-0.1, -0.05) is 79.4 Å². The predicted octanol–water partition coefficient (Wildman–Crippen LogP) is 4.92. The number of amides is 1. The minimum absolute atomic E-state index is 0.162. The van der Waals surface area contributed by atoms with Crippen molar-refractivity contribution in [2.24, 2.45) is 0 Å². The molecule has 1 aromatic heterocycles. The van der Waals surface area contributed by atoms with E-state index in [1.54, 1.807) is 11.8 Å². The van der Waals surface area contributed by atoms with Gasteiger partial charge in [0, 0.05) is 17.9 Å². The molecule has 3 rings (SSSR count). The Hall–Kier alpha value is -2.22. The van der Waals surface area contributed by atoms with E-state index >= 15 is 0 Å². The first-order chi connectivity index (χ1) is 13.7. The van der Waals surface area contributed by atoms with E-state index in [1.165, 1.54) is 22.5 Å². The second-order valence-corrected chi connectivity index (χ2v) is 8.46. The van der Waals surface area contributed by atoms with Crippen LogP contribution in [0.5, 0.6) is 0 Å². The lowest BCUT2D eigenvalue weighted by molar-refractivity contribution is 0.102. The van der Waals surface area contributed by atoms with Crippen LogP contribution in [0.25, 0.3) is 0 Å². The normalized spacial score (nSPS) is 11.0. The molecular weight excluding hydrogens is 388 g/mol. The molecule has 7 heteroatoms. The number of thioether (sulfide) groups is 1. The summed E-state index contributed by atoms with van der Waals surface area (Å²) in [6.45, 7) is 7.23. The first-order valence-electron chi connectivity index (χ1n) is 9.30. The summed E-state index contributed by atoms with van der Waals surface area (Å²) >= 11 is 3.01. The highest BCUT2D eigenvalue weighted by atomic mass is 32.2. The fourth-order valence-electron chi connectivity index (χ4n) is 2.67. The van der Waals surface area contributed by atoms with Crippen LogP contribution in [0.2, 0.25) is 0 Å². The lowest BCUT2D eigenvalue weighted by Gasteiger charge is -2.17. The molecule has 5 nitrogen and oxygen atoms in total. The first-order valence-corrected chi connectivity index (χ1v) is 11.1. The summed E-state index contributed by atoms with van der Waals surface area (Å²) in [6.07, 6.45) is 0. The van der Waals surface area contributed by atoms with E-state index in [9.17, 15) is 4.79 Å². The predicted molar refractivity (Wildman–Crippen MR) is 117 cm³/mol. The fourth-order valence-corrected chi connectivity index (χ4v) is 4.38. The Balaban J connectivity index is 1.54. The van der Waals surface area contributed by atoms with Gasteiger partial charge in [0.15, 0.2) is 4.34 Å². The Morgan fingerprint density at radius 2 is 1.71 bits per heavy atom. The van der Waals surface area contributed by atoms with Gasteiger partial charge >= 0.3 is 0 Å². The van der Waals surface area contributed by atoms with E-state index in [1.807, 2.05) is 42.5 Å². The molecule has 0 spiro atoms. The highest BCUT2D eigenvalue weighted by Crippen LogP contribution is 2.28. The molecule has 0 fully saturated rings. The largest absolute Gasteiger partial charge is 0.300 e. The molecule has 0 aliphatic carbocycles. The molecule has 28 heavy (non-hydrogen) atoms. The van der Waals surface area contributed by atoms with Crippen LogP contribution in [0.1, 0.15) is 35.3 Å². The van der Waals surface area contributed by atoms with Gasteiger partial charge in [-0.25, -0.2) is 0 Å². The third kappa shape index (κ3) is 5.89. The van der Waals surface area contributed by atoms with Gasteiger partial charge in [0.1, 0.15) is 0 Å². The van der Waals surface area contributed by atoms with E-state index in [-0.39, 0.29) is 5.91 Å². The molecule has 146 valence electrons. The zero-order valence-corrected chi connectivity index (χ0v) is 17.7. The van der Waals surface area contributed by atoms with Crippen LogP contribution in [0.15, 0.2) is 58.9 Å². The number of carbonyl (C=O) groups excluding carboxylic acids is 1. The third-order valence-electron chi connectivity index (χ3n) is 4.35. The number of rotatable bonds is 9. The third-order valence-corrected chi connectivity index (χ3v) is 6.39. The smallest absolute Gasteiger partial charge is 0.257 e. The maximum Gasteiger partial charge on any atom is 0.257 e. The maximum absolute atomic E-state index is 12.5. The highest BCUT2D eigenvalue weighted by molar-refractivity contribution is 8.00. The SMILES string of the molecule is CCN(CC)Cc1ccc(C(=O)Nc2nnc(SCc3ccccc3)s2)cc1. The molecule has 2 aromatic carbocycles. The molecule has 0 unspecified atom stereocenters. The molecular formula is C21H24N4OS2. The summed E-state index contributed by atoms with van der Waals surface area (Å²) in [5.74, 6) is 0.669.